The van der Waals surface area contributed by atoms with Crippen molar-refractivity contribution < 1.29 is 4.74 Å². The molecule has 0 amide bonds. The lowest BCUT2D eigenvalue weighted by Crippen LogP contribution is -2.40. The Balaban J connectivity index is 2.05. The van der Waals surface area contributed by atoms with Gasteiger partial charge in [0.25, 0.3) is 0 Å². The molecule has 1 N–H and O–H groups in total. The Morgan fingerprint density at radius 3 is 2.79 bits per heavy atom. The van der Waals surface area contributed by atoms with Crippen molar-refractivity contribution in [2.24, 2.45) is 0 Å². The van der Waals surface area contributed by atoms with E-state index in [9.17, 15) is 0 Å². The van der Waals surface area contributed by atoms with Crippen LogP contribution < -0.4 is 5.32 Å². The van der Waals surface area contributed by atoms with Crippen LogP contribution in [-0.4, -0.2) is 19.3 Å². The Kier molecular flexibility index (Phi) is 3.04. The molecule has 1 aliphatic heterocycles. The van der Waals surface area contributed by atoms with Gasteiger partial charge in [-0.05, 0) is 18.1 Å². The van der Waals surface area contributed by atoms with Crippen LogP contribution in [0.15, 0.2) is 24.3 Å². The van der Waals surface area contributed by atoms with E-state index in [2.05, 4.69) is 36.5 Å². The monoisotopic (exact) mass is 191 g/mol. The lowest BCUT2D eigenvalue weighted by molar-refractivity contribution is 0.0211. The number of nitrogens with one attached hydrogen (secondary N) is 1. The first kappa shape index (κ1) is 9.53. The van der Waals surface area contributed by atoms with Gasteiger partial charge >= 0.3 is 0 Å². The van der Waals surface area contributed by atoms with Crippen LogP contribution in [0.25, 0.3) is 0 Å². The van der Waals surface area contributed by atoms with E-state index in [1.54, 1.807) is 0 Å². The van der Waals surface area contributed by atoms with E-state index >= 15 is 0 Å². The SMILES string of the molecule is CCCc1ccccc1NC1COC1. The highest BCUT2D eigenvalue weighted by molar-refractivity contribution is 5.52. The minimum Gasteiger partial charge on any atom is -0.377 e. The lowest BCUT2D eigenvalue weighted by Gasteiger charge is -2.28. The smallest absolute Gasteiger partial charge is 0.0728 e. The Morgan fingerprint density at radius 1 is 1.36 bits per heavy atom. The molecule has 0 radical (unpaired) electrons. The van der Waals surface area contributed by atoms with Crippen LogP contribution in [0, 0.1) is 0 Å². The second kappa shape index (κ2) is 4.47. The van der Waals surface area contributed by atoms with Gasteiger partial charge in [-0.25, -0.2) is 0 Å². The number of para-hydroxylation sites is 1. The standard InChI is InChI=1S/C12H17NO/c1-2-5-10-6-3-4-7-12(10)13-11-8-14-9-11/h3-4,6-7,11,13H,2,5,8-9H2,1H3. The van der Waals surface area contributed by atoms with Crippen LogP contribution >= 0.6 is 0 Å². The van der Waals surface area contributed by atoms with Gasteiger partial charge in [0.1, 0.15) is 0 Å². The molecule has 76 valence electrons. The van der Waals surface area contributed by atoms with Gasteiger partial charge in [-0.2, -0.15) is 0 Å². The zero-order valence-corrected chi connectivity index (χ0v) is 8.62. The van der Waals surface area contributed by atoms with Gasteiger partial charge in [0.05, 0.1) is 19.3 Å². The van der Waals surface area contributed by atoms with Crippen molar-refractivity contribution in [2.45, 2.75) is 25.8 Å². The number of ether oxygens (including phenoxy) is 1. The number of hydrogen-bond acceptors (Lipinski definition) is 2. The molecule has 0 bridgehead atoms. The molecule has 1 aliphatic rings. The summed E-state index contributed by atoms with van der Waals surface area (Å²) in [5.41, 5.74) is 2.70. The van der Waals surface area contributed by atoms with Gasteiger partial charge in [-0.15, -0.1) is 0 Å². The van der Waals surface area contributed by atoms with E-state index in [-0.39, 0.29) is 0 Å². The van der Waals surface area contributed by atoms with Gasteiger partial charge in [0, 0.05) is 5.69 Å². The number of aryl methyl sites for hydroxylation is 1. The summed E-state index contributed by atoms with van der Waals surface area (Å²) in [7, 11) is 0. The normalized spacial score (nSPS) is 16.4. The van der Waals surface area contributed by atoms with E-state index in [1.807, 2.05) is 0 Å². The van der Waals surface area contributed by atoms with Crippen molar-refractivity contribution in [1.29, 1.82) is 0 Å². The molecular weight excluding hydrogens is 174 g/mol. The summed E-state index contributed by atoms with van der Waals surface area (Å²) in [5.74, 6) is 0. The fraction of sp³-hybridized carbons (Fsp3) is 0.500. The van der Waals surface area contributed by atoms with E-state index in [0.717, 1.165) is 19.6 Å². The third-order valence-corrected chi connectivity index (χ3v) is 2.53. The van der Waals surface area contributed by atoms with Crippen molar-refractivity contribution in [3.63, 3.8) is 0 Å². The molecule has 0 unspecified atom stereocenters. The van der Waals surface area contributed by atoms with Gasteiger partial charge in [0.2, 0.25) is 0 Å². The third kappa shape index (κ3) is 2.07. The molecule has 2 nitrogen and oxygen atoms in total. The zero-order chi connectivity index (χ0) is 9.80. The fourth-order valence-electron chi connectivity index (χ4n) is 1.69. The highest BCUT2D eigenvalue weighted by Crippen LogP contribution is 2.19. The number of anilines is 1. The zero-order valence-electron chi connectivity index (χ0n) is 8.62. The fourth-order valence-corrected chi connectivity index (χ4v) is 1.69. The number of rotatable bonds is 4. The summed E-state index contributed by atoms with van der Waals surface area (Å²) in [6, 6.07) is 9.07. The lowest BCUT2D eigenvalue weighted by atomic mass is 10.1. The minimum absolute atomic E-state index is 0.521. The number of benzene rings is 1. The summed E-state index contributed by atoms with van der Waals surface area (Å²) >= 11 is 0. The molecular formula is C12H17NO. The average Bonchev–Trinajstić information content (AvgIpc) is 2.14. The predicted octanol–water partition coefficient (Wildman–Crippen LogP) is 2.45. The molecule has 14 heavy (non-hydrogen) atoms. The van der Waals surface area contributed by atoms with E-state index in [1.165, 1.54) is 17.7 Å². The molecule has 0 saturated carbocycles. The molecule has 0 aromatic heterocycles. The maximum absolute atomic E-state index is 5.14. The first-order valence-corrected chi connectivity index (χ1v) is 5.32. The van der Waals surface area contributed by atoms with Crippen molar-refractivity contribution in [3.8, 4) is 0 Å². The van der Waals surface area contributed by atoms with Crippen LogP contribution in [-0.2, 0) is 11.2 Å². The van der Waals surface area contributed by atoms with Gasteiger partial charge in [-0.1, -0.05) is 31.5 Å². The van der Waals surface area contributed by atoms with Crippen LogP contribution in [0.4, 0.5) is 5.69 Å². The molecule has 2 rings (SSSR count). The molecule has 1 heterocycles. The first-order valence-electron chi connectivity index (χ1n) is 5.32. The molecule has 0 aliphatic carbocycles. The van der Waals surface area contributed by atoms with E-state index in [4.69, 9.17) is 4.74 Å². The summed E-state index contributed by atoms with van der Waals surface area (Å²) in [6.45, 7) is 3.91. The van der Waals surface area contributed by atoms with Crippen molar-refractivity contribution >= 4 is 5.69 Å². The molecule has 1 aromatic rings. The maximum Gasteiger partial charge on any atom is 0.0728 e. The van der Waals surface area contributed by atoms with E-state index < -0.39 is 0 Å². The Bertz CT molecular complexity index is 294. The molecule has 1 saturated heterocycles. The van der Waals surface area contributed by atoms with E-state index in [0.29, 0.717) is 6.04 Å². The van der Waals surface area contributed by atoms with Crippen molar-refractivity contribution in [3.05, 3.63) is 29.8 Å². The Hall–Kier alpha value is -1.02. The van der Waals surface area contributed by atoms with Gasteiger partial charge < -0.3 is 10.1 Å². The molecule has 1 aromatic carbocycles. The molecule has 1 fully saturated rings. The molecule has 0 atom stereocenters. The summed E-state index contributed by atoms with van der Waals surface area (Å²) in [5, 5.41) is 3.51. The summed E-state index contributed by atoms with van der Waals surface area (Å²) in [6.07, 6.45) is 2.34. The second-order valence-electron chi connectivity index (χ2n) is 3.79. The van der Waals surface area contributed by atoms with Gasteiger partial charge in [-0.3, -0.25) is 0 Å². The summed E-state index contributed by atoms with van der Waals surface area (Å²) < 4.78 is 5.14. The highest BCUT2D eigenvalue weighted by atomic mass is 16.5. The molecule has 0 spiro atoms. The largest absolute Gasteiger partial charge is 0.377 e. The van der Waals surface area contributed by atoms with Crippen LogP contribution in [0.3, 0.4) is 0 Å². The minimum atomic E-state index is 0.521. The predicted molar refractivity (Wildman–Crippen MR) is 58.7 cm³/mol. The number of hydrogen-bond donors (Lipinski definition) is 1. The van der Waals surface area contributed by atoms with Crippen LogP contribution in [0.1, 0.15) is 18.9 Å². The second-order valence-corrected chi connectivity index (χ2v) is 3.79. The van der Waals surface area contributed by atoms with Crippen molar-refractivity contribution in [2.75, 3.05) is 18.5 Å². The molecule has 2 heteroatoms. The average molecular weight is 191 g/mol. The van der Waals surface area contributed by atoms with Crippen molar-refractivity contribution in [1.82, 2.24) is 0 Å². The highest BCUT2D eigenvalue weighted by Gasteiger charge is 2.18. The Labute approximate surface area is 85.3 Å². The van der Waals surface area contributed by atoms with Crippen LogP contribution in [0.2, 0.25) is 0 Å². The Morgan fingerprint density at radius 2 is 2.14 bits per heavy atom. The third-order valence-electron chi connectivity index (χ3n) is 2.53. The quantitative estimate of drug-likeness (QED) is 0.789. The maximum atomic E-state index is 5.14. The van der Waals surface area contributed by atoms with Crippen LogP contribution in [0.5, 0.6) is 0 Å². The topological polar surface area (TPSA) is 21.3 Å². The summed E-state index contributed by atoms with van der Waals surface area (Å²) in [4.78, 5) is 0. The van der Waals surface area contributed by atoms with Gasteiger partial charge in [0.15, 0.2) is 0 Å². The first-order chi connectivity index (χ1) is 6.90.